The predicted molar refractivity (Wildman–Crippen MR) is 66.6 cm³/mol. The lowest BCUT2D eigenvalue weighted by Crippen LogP contribution is -1.87. The van der Waals surface area contributed by atoms with Crippen molar-refractivity contribution in [1.29, 1.82) is 0 Å². The largest absolute Gasteiger partial charge is 0.504 e. The van der Waals surface area contributed by atoms with E-state index in [4.69, 9.17) is 9.47 Å². The van der Waals surface area contributed by atoms with Crippen molar-refractivity contribution in [3.05, 3.63) is 42.5 Å². The molecule has 2 aromatic carbocycles. The van der Waals surface area contributed by atoms with Gasteiger partial charge in [0.15, 0.2) is 11.5 Å². The van der Waals surface area contributed by atoms with Gasteiger partial charge in [-0.1, -0.05) is 24.3 Å². The van der Waals surface area contributed by atoms with Gasteiger partial charge in [0.25, 0.3) is 0 Å². The van der Waals surface area contributed by atoms with Crippen molar-refractivity contribution in [3.63, 3.8) is 0 Å². The van der Waals surface area contributed by atoms with E-state index in [9.17, 15) is 5.11 Å². The summed E-state index contributed by atoms with van der Waals surface area (Å²) in [7, 11) is 3.15. The van der Waals surface area contributed by atoms with Crippen LogP contribution in [0.25, 0.3) is 11.1 Å². The van der Waals surface area contributed by atoms with Gasteiger partial charge in [0.05, 0.1) is 14.2 Å². The highest BCUT2D eigenvalue weighted by Gasteiger charge is 2.09. The van der Waals surface area contributed by atoms with Gasteiger partial charge in [-0.3, -0.25) is 0 Å². The van der Waals surface area contributed by atoms with Crippen LogP contribution in [-0.4, -0.2) is 19.3 Å². The lowest BCUT2D eigenvalue weighted by Gasteiger charge is -2.09. The van der Waals surface area contributed by atoms with Gasteiger partial charge in [-0.2, -0.15) is 0 Å². The van der Waals surface area contributed by atoms with Crippen molar-refractivity contribution in [3.8, 4) is 28.4 Å². The summed E-state index contributed by atoms with van der Waals surface area (Å²) in [5.74, 6) is 1.36. The summed E-state index contributed by atoms with van der Waals surface area (Å²) in [6.45, 7) is 0. The Morgan fingerprint density at radius 3 is 2.41 bits per heavy atom. The molecular formula is C14H14O3. The summed E-state index contributed by atoms with van der Waals surface area (Å²) >= 11 is 0. The minimum absolute atomic E-state index is 0.142. The average molecular weight is 230 g/mol. The summed E-state index contributed by atoms with van der Waals surface area (Å²) in [5.41, 5.74) is 1.61. The fourth-order valence-electron chi connectivity index (χ4n) is 1.71. The van der Waals surface area contributed by atoms with Crippen molar-refractivity contribution >= 4 is 0 Å². The minimum Gasteiger partial charge on any atom is -0.504 e. The third kappa shape index (κ3) is 2.18. The van der Waals surface area contributed by atoms with Crippen LogP contribution in [0.15, 0.2) is 42.5 Å². The average Bonchev–Trinajstić information content (AvgIpc) is 2.39. The number of phenols is 1. The molecule has 0 aliphatic rings. The molecule has 0 aromatic heterocycles. The number of ether oxygens (including phenoxy) is 2. The van der Waals surface area contributed by atoms with E-state index < -0.39 is 0 Å². The van der Waals surface area contributed by atoms with Gasteiger partial charge in [-0.15, -0.1) is 0 Å². The van der Waals surface area contributed by atoms with Gasteiger partial charge in [-0.05, 0) is 23.8 Å². The molecule has 1 N–H and O–H groups in total. The monoisotopic (exact) mass is 230 g/mol. The molecular weight excluding hydrogens is 216 g/mol. The van der Waals surface area contributed by atoms with Gasteiger partial charge in [-0.25, -0.2) is 0 Å². The number of phenolic OH excluding ortho intramolecular Hbond substituents is 1. The maximum Gasteiger partial charge on any atom is 0.165 e. The van der Waals surface area contributed by atoms with Crippen LogP contribution in [0.1, 0.15) is 0 Å². The standard InChI is InChI=1S/C14H14O3/c1-16-11-6-3-5-10(9-11)12-7-4-8-13(17-2)14(12)15/h3-9,15H,1-2H3. The summed E-state index contributed by atoms with van der Waals surface area (Å²) in [6.07, 6.45) is 0. The Bertz CT molecular complexity index is 521. The SMILES string of the molecule is COc1cccc(-c2cccc(OC)c2O)c1. The van der Waals surface area contributed by atoms with E-state index >= 15 is 0 Å². The number of aromatic hydroxyl groups is 1. The normalized spacial score (nSPS) is 10.0. The topological polar surface area (TPSA) is 38.7 Å². The first-order valence-electron chi connectivity index (χ1n) is 5.26. The molecule has 3 nitrogen and oxygen atoms in total. The maximum absolute atomic E-state index is 10.0. The number of hydrogen-bond donors (Lipinski definition) is 1. The fourth-order valence-corrected chi connectivity index (χ4v) is 1.71. The van der Waals surface area contributed by atoms with Crippen molar-refractivity contribution in [1.82, 2.24) is 0 Å². The number of para-hydroxylation sites is 1. The molecule has 2 aromatic rings. The van der Waals surface area contributed by atoms with Crippen LogP contribution in [0, 0.1) is 0 Å². The number of methoxy groups -OCH3 is 2. The molecule has 0 bridgehead atoms. The van der Waals surface area contributed by atoms with Crippen LogP contribution in [-0.2, 0) is 0 Å². The summed E-state index contributed by atoms with van der Waals surface area (Å²) in [5, 5.41) is 10.0. The summed E-state index contributed by atoms with van der Waals surface area (Å²) in [4.78, 5) is 0. The van der Waals surface area contributed by atoms with Crippen molar-refractivity contribution < 1.29 is 14.6 Å². The van der Waals surface area contributed by atoms with Crippen LogP contribution in [0.4, 0.5) is 0 Å². The van der Waals surface area contributed by atoms with Crippen LogP contribution >= 0.6 is 0 Å². The first-order chi connectivity index (χ1) is 8.26. The third-order valence-corrected chi connectivity index (χ3v) is 2.60. The Labute approximate surface area is 100 Å². The maximum atomic E-state index is 10.0. The van der Waals surface area contributed by atoms with Crippen LogP contribution in [0.3, 0.4) is 0 Å². The quantitative estimate of drug-likeness (QED) is 0.880. The lowest BCUT2D eigenvalue weighted by atomic mass is 10.0. The Morgan fingerprint density at radius 1 is 0.941 bits per heavy atom. The Morgan fingerprint density at radius 2 is 1.71 bits per heavy atom. The number of rotatable bonds is 3. The van der Waals surface area contributed by atoms with E-state index in [2.05, 4.69) is 0 Å². The Hall–Kier alpha value is -2.16. The molecule has 0 saturated heterocycles. The highest BCUT2D eigenvalue weighted by Crippen LogP contribution is 2.37. The summed E-state index contributed by atoms with van der Waals surface area (Å²) < 4.78 is 10.2. The van der Waals surface area contributed by atoms with E-state index in [1.165, 1.54) is 7.11 Å². The van der Waals surface area contributed by atoms with E-state index in [1.807, 2.05) is 36.4 Å². The van der Waals surface area contributed by atoms with Gasteiger partial charge in [0, 0.05) is 5.56 Å². The highest BCUT2D eigenvalue weighted by atomic mass is 16.5. The van der Waals surface area contributed by atoms with E-state index in [-0.39, 0.29) is 5.75 Å². The zero-order valence-corrected chi connectivity index (χ0v) is 9.81. The smallest absolute Gasteiger partial charge is 0.165 e. The molecule has 2 rings (SSSR count). The molecule has 0 aliphatic heterocycles. The molecule has 0 heterocycles. The van der Waals surface area contributed by atoms with Crippen LogP contribution < -0.4 is 9.47 Å². The molecule has 0 radical (unpaired) electrons. The van der Waals surface area contributed by atoms with E-state index in [0.717, 1.165) is 16.9 Å². The van der Waals surface area contributed by atoms with Crippen molar-refractivity contribution in [2.45, 2.75) is 0 Å². The first-order valence-corrected chi connectivity index (χ1v) is 5.26. The zero-order valence-electron chi connectivity index (χ0n) is 9.81. The molecule has 0 unspecified atom stereocenters. The first kappa shape index (κ1) is 11.3. The Balaban J connectivity index is 2.52. The minimum atomic E-state index is 0.142. The molecule has 0 fully saturated rings. The molecule has 3 heteroatoms. The fraction of sp³-hybridized carbons (Fsp3) is 0.143. The lowest BCUT2D eigenvalue weighted by molar-refractivity contribution is 0.374. The molecule has 17 heavy (non-hydrogen) atoms. The second-order valence-corrected chi connectivity index (χ2v) is 3.59. The molecule has 0 atom stereocenters. The van der Waals surface area contributed by atoms with E-state index in [0.29, 0.717) is 5.75 Å². The van der Waals surface area contributed by atoms with Crippen LogP contribution in [0.5, 0.6) is 17.2 Å². The molecule has 0 saturated carbocycles. The summed E-state index contributed by atoms with van der Waals surface area (Å²) in [6, 6.07) is 12.9. The number of hydrogen-bond acceptors (Lipinski definition) is 3. The van der Waals surface area contributed by atoms with Gasteiger partial charge < -0.3 is 14.6 Å². The highest BCUT2D eigenvalue weighted by molar-refractivity contribution is 5.74. The molecule has 0 aliphatic carbocycles. The number of benzene rings is 2. The van der Waals surface area contributed by atoms with Gasteiger partial charge in [0.2, 0.25) is 0 Å². The van der Waals surface area contributed by atoms with Gasteiger partial charge in [0.1, 0.15) is 5.75 Å². The van der Waals surface area contributed by atoms with Crippen molar-refractivity contribution in [2.24, 2.45) is 0 Å². The second kappa shape index (κ2) is 4.78. The molecule has 88 valence electrons. The van der Waals surface area contributed by atoms with Gasteiger partial charge >= 0.3 is 0 Å². The molecule has 0 amide bonds. The predicted octanol–water partition coefficient (Wildman–Crippen LogP) is 3.08. The zero-order chi connectivity index (χ0) is 12.3. The molecule has 0 spiro atoms. The Kier molecular flexibility index (Phi) is 3.19. The third-order valence-electron chi connectivity index (χ3n) is 2.60. The van der Waals surface area contributed by atoms with E-state index in [1.54, 1.807) is 13.2 Å². The second-order valence-electron chi connectivity index (χ2n) is 3.59. The van der Waals surface area contributed by atoms with Crippen LogP contribution in [0.2, 0.25) is 0 Å². The van der Waals surface area contributed by atoms with Crippen molar-refractivity contribution in [2.75, 3.05) is 14.2 Å².